The molecule has 0 heterocycles. The summed E-state index contributed by atoms with van der Waals surface area (Å²) in [5.74, 6) is 0.946. The van der Waals surface area contributed by atoms with Crippen LogP contribution in [0.4, 0.5) is 10.5 Å². The second-order valence-electron chi connectivity index (χ2n) is 4.73. The van der Waals surface area contributed by atoms with Gasteiger partial charge in [-0.15, -0.1) is 0 Å². The maximum atomic E-state index is 12.1. The third kappa shape index (κ3) is 3.93. The van der Waals surface area contributed by atoms with Gasteiger partial charge in [0.2, 0.25) is 0 Å². The van der Waals surface area contributed by atoms with Crippen LogP contribution in [0.15, 0.2) is 34.8 Å². The highest BCUT2D eigenvalue weighted by Crippen LogP contribution is 2.30. The highest BCUT2D eigenvalue weighted by molar-refractivity contribution is 9.10. The van der Waals surface area contributed by atoms with Crippen molar-refractivity contribution in [3.63, 3.8) is 0 Å². The fourth-order valence-corrected chi connectivity index (χ4v) is 2.56. The van der Waals surface area contributed by atoms with Gasteiger partial charge in [0.05, 0.1) is 17.3 Å². The number of aryl methyl sites for hydroxylation is 2. The van der Waals surface area contributed by atoms with Gasteiger partial charge >= 0.3 is 6.09 Å². The molecule has 2 aromatic carbocycles. The Balaban J connectivity index is 2.17. The molecule has 1 amide bonds. The number of carbonyl (C=O) groups excluding carboxylic acids is 1. The van der Waals surface area contributed by atoms with Crippen molar-refractivity contribution in [2.24, 2.45) is 0 Å². The topological polar surface area (TPSA) is 47.6 Å². The van der Waals surface area contributed by atoms with E-state index in [-0.39, 0.29) is 0 Å². The first-order valence-electron chi connectivity index (χ1n) is 6.50. The van der Waals surface area contributed by atoms with Crippen molar-refractivity contribution in [2.45, 2.75) is 13.8 Å². The van der Waals surface area contributed by atoms with E-state index in [9.17, 15) is 4.79 Å². The van der Waals surface area contributed by atoms with Crippen LogP contribution in [-0.2, 0) is 0 Å². The SMILES string of the molecule is COc1ccc(Cl)cc1NC(=O)Oc1cc(C)c(C)cc1Br. The van der Waals surface area contributed by atoms with Gasteiger partial charge in [-0.1, -0.05) is 11.6 Å². The van der Waals surface area contributed by atoms with E-state index in [2.05, 4.69) is 21.2 Å². The first kappa shape index (κ1) is 16.6. The minimum Gasteiger partial charge on any atom is -0.495 e. The first-order valence-corrected chi connectivity index (χ1v) is 7.67. The van der Waals surface area contributed by atoms with E-state index in [1.807, 2.05) is 19.9 Å². The maximum Gasteiger partial charge on any atom is 0.417 e. The number of hydrogen-bond donors (Lipinski definition) is 1. The smallest absolute Gasteiger partial charge is 0.417 e. The Hall–Kier alpha value is -1.72. The second kappa shape index (κ2) is 7.03. The molecule has 0 spiro atoms. The molecule has 6 heteroatoms. The summed E-state index contributed by atoms with van der Waals surface area (Å²) in [7, 11) is 1.51. The molecule has 22 heavy (non-hydrogen) atoms. The molecule has 0 atom stereocenters. The fraction of sp³-hybridized carbons (Fsp3) is 0.188. The third-order valence-electron chi connectivity index (χ3n) is 3.15. The van der Waals surface area contributed by atoms with E-state index in [0.29, 0.717) is 26.7 Å². The van der Waals surface area contributed by atoms with E-state index >= 15 is 0 Å². The predicted octanol–water partition coefficient (Wildman–Crippen LogP) is 5.34. The first-order chi connectivity index (χ1) is 10.4. The summed E-state index contributed by atoms with van der Waals surface area (Å²) in [5.41, 5.74) is 2.59. The fourth-order valence-electron chi connectivity index (χ4n) is 1.85. The summed E-state index contributed by atoms with van der Waals surface area (Å²) < 4.78 is 11.2. The zero-order valence-electron chi connectivity index (χ0n) is 12.4. The molecule has 2 aromatic rings. The van der Waals surface area contributed by atoms with Crippen LogP contribution < -0.4 is 14.8 Å². The molecule has 4 nitrogen and oxygen atoms in total. The lowest BCUT2D eigenvalue weighted by molar-refractivity contribution is 0.214. The van der Waals surface area contributed by atoms with Crippen molar-refractivity contribution in [3.05, 3.63) is 51.0 Å². The van der Waals surface area contributed by atoms with Crippen LogP contribution in [0.3, 0.4) is 0 Å². The average molecular weight is 385 g/mol. The molecule has 0 bridgehead atoms. The number of methoxy groups -OCH3 is 1. The van der Waals surface area contributed by atoms with Crippen LogP contribution >= 0.6 is 27.5 Å². The molecule has 0 saturated carbocycles. The van der Waals surface area contributed by atoms with Crippen LogP contribution in [0, 0.1) is 13.8 Å². The van der Waals surface area contributed by atoms with Gasteiger partial charge in [-0.25, -0.2) is 4.79 Å². The van der Waals surface area contributed by atoms with E-state index in [0.717, 1.165) is 11.1 Å². The van der Waals surface area contributed by atoms with Crippen LogP contribution in [0.1, 0.15) is 11.1 Å². The zero-order chi connectivity index (χ0) is 16.3. The maximum absolute atomic E-state index is 12.1. The van der Waals surface area contributed by atoms with Gasteiger partial charge in [0, 0.05) is 5.02 Å². The predicted molar refractivity (Wildman–Crippen MR) is 91.3 cm³/mol. The Labute approximate surface area is 142 Å². The summed E-state index contributed by atoms with van der Waals surface area (Å²) in [5, 5.41) is 3.11. The van der Waals surface area contributed by atoms with Crippen LogP contribution in [0.2, 0.25) is 5.02 Å². The molecule has 0 unspecified atom stereocenters. The molecule has 0 fully saturated rings. The number of hydrogen-bond acceptors (Lipinski definition) is 3. The highest BCUT2D eigenvalue weighted by atomic mass is 79.9. The average Bonchev–Trinajstić information content (AvgIpc) is 2.45. The normalized spacial score (nSPS) is 10.2. The molecule has 0 aliphatic rings. The molecule has 0 saturated heterocycles. The number of rotatable bonds is 3. The Morgan fingerprint density at radius 3 is 2.50 bits per heavy atom. The van der Waals surface area contributed by atoms with Crippen molar-refractivity contribution in [1.29, 1.82) is 0 Å². The van der Waals surface area contributed by atoms with E-state index in [1.54, 1.807) is 24.3 Å². The molecule has 0 aromatic heterocycles. The van der Waals surface area contributed by atoms with E-state index < -0.39 is 6.09 Å². The van der Waals surface area contributed by atoms with Gasteiger partial charge in [0.15, 0.2) is 0 Å². The molecule has 1 N–H and O–H groups in total. The van der Waals surface area contributed by atoms with Gasteiger partial charge < -0.3 is 9.47 Å². The van der Waals surface area contributed by atoms with Crippen LogP contribution in [0.5, 0.6) is 11.5 Å². The minimum atomic E-state index is -0.621. The van der Waals surface area contributed by atoms with Crippen molar-refractivity contribution in [3.8, 4) is 11.5 Å². The largest absolute Gasteiger partial charge is 0.495 e. The van der Waals surface area contributed by atoms with Gasteiger partial charge in [-0.2, -0.15) is 0 Å². The Bertz CT molecular complexity index is 719. The molecule has 0 aliphatic carbocycles. The highest BCUT2D eigenvalue weighted by Gasteiger charge is 2.12. The summed E-state index contributed by atoms with van der Waals surface area (Å²) in [6.07, 6.45) is -0.621. The Kier molecular flexibility index (Phi) is 5.32. The third-order valence-corrected chi connectivity index (χ3v) is 4.00. The van der Waals surface area contributed by atoms with Gasteiger partial charge in [0.1, 0.15) is 11.5 Å². The van der Waals surface area contributed by atoms with Crippen molar-refractivity contribution in [1.82, 2.24) is 0 Å². The van der Waals surface area contributed by atoms with Crippen molar-refractivity contribution >= 4 is 39.3 Å². The quantitative estimate of drug-likeness (QED) is 0.777. The molecular formula is C16H15BrClNO3. The summed E-state index contributed by atoms with van der Waals surface area (Å²) >= 11 is 9.31. The van der Waals surface area contributed by atoms with Gasteiger partial charge in [0.25, 0.3) is 0 Å². The monoisotopic (exact) mass is 383 g/mol. The number of benzene rings is 2. The molecule has 0 radical (unpaired) electrons. The number of carbonyl (C=O) groups is 1. The van der Waals surface area contributed by atoms with E-state index in [1.165, 1.54) is 7.11 Å². The van der Waals surface area contributed by atoms with Crippen molar-refractivity contribution < 1.29 is 14.3 Å². The molecule has 116 valence electrons. The molecule has 0 aliphatic heterocycles. The number of amides is 1. The number of halogens is 2. The van der Waals surface area contributed by atoms with Crippen molar-refractivity contribution in [2.75, 3.05) is 12.4 Å². The lowest BCUT2D eigenvalue weighted by atomic mass is 10.1. The van der Waals surface area contributed by atoms with Gasteiger partial charge in [-0.3, -0.25) is 5.32 Å². The second-order valence-corrected chi connectivity index (χ2v) is 6.02. The zero-order valence-corrected chi connectivity index (χ0v) is 14.7. The molecule has 2 rings (SSSR count). The summed E-state index contributed by atoms with van der Waals surface area (Å²) in [6.45, 7) is 3.94. The number of nitrogens with one attached hydrogen (secondary N) is 1. The lowest BCUT2D eigenvalue weighted by Crippen LogP contribution is -2.17. The van der Waals surface area contributed by atoms with Crippen LogP contribution in [0.25, 0.3) is 0 Å². The standard InChI is InChI=1S/C16H15BrClNO3/c1-9-6-12(17)15(7-10(9)2)22-16(20)19-13-8-11(18)4-5-14(13)21-3/h4-8H,1-3H3,(H,19,20). The Morgan fingerprint density at radius 1 is 1.14 bits per heavy atom. The lowest BCUT2D eigenvalue weighted by Gasteiger charge is -2.12. The van der Waals surface area contributed by atoms with E-state index in [4.69, 9.17) is 21.1 Å². The van der Waals surface area contributed by atoms with Crippen LogP contribution in [-0.4, -0.2) is 13.2 Å². The Morgan fingerprint density at radius 2 is 1.82 bits per heavy atom. The number of anilines is 1. The van der Waals surface area contributed by atoms with Gasteiger partial charge in [-0.05, 0) is 71.2 Å². The molecular weight excluding hydrogens is 370 g/mol. The minimum absolute atomic E-state index is 0.444. The number of ether oxygens (including phenoxy) is 2. The summed E-state index contributed by atoms with van der Waals surface area (Å²) in [6, 6.07) is 8.64. The summed E-state index contributed by atoms with van der Waals surface area (Å²) in [4.78, 5) is 12.1.